The van der Waals surface area contributed by atoms with Crippen molar-refractivity contribution in [3.63, 3.8) is 0 Å². The lowest BCUT2D eigenvalue weighted by atomic mass is 10.1. The van der Waals surface area contributed by atoms with Crippen molar-refractivity contribution in [3.8, 4) is 11.3 Å². The van der Waals surface area contributed by atoms with Crippen molar-refractivity contribution in [3.05, 3.63) is 72.5 Å². The molecule has 0 saturated carbocycles. The number of methoxy groups -OCH3 is 1. The fraction of sp³-hybridized carbons (Fsp3) is 0.100. The van der Waals surface area contributed by atoms with Gasteiger partial charge < -0.3 is 19.8 Å². The third-order valence-electron chi connectivity index (χ3n) is 3.65. The highest BCUT2D eigenvalue weighted by atomic mass is 16.5. The molecule has 2 aromatic carbocycles. The zero-order valence-corrected chi connectivity index (χ0v) is 14.2. The molecule has 0 aliphatic heterocycles. The number of carbonyl (C=O) groups excluding carboxylic acids is 2. The molecule has 6 nitrogen and oxygen atoms in total. The molecular formula is C20H18N2O4. The Morgan fingerprint density at radius 3 is 2.15 bits per heavy atom. The summed E-state index contributed by atoms with van der Waals surface area (Å²) in [5.41, 5.74) is 2.71. The molecule has 3 aromatic rings. The number of carbonyl (C=O) groups is 2. The number of anilines is 2. The van der Waals surface area contributed by atoms with E-state index in [1.54, 1.807) is 42.7 Å². The van der Waals surface area contributed by atoms with Crippen LogP contribution in [0.3, 0.4) is 0 Å². The highest BCUT2D eigenvalue weighted by Crippen LogP contribution is 2.21. The van der Waals surface area contributed by atoms with Crippen molar-refractivity contribution in [1.29, 1.82) is 0 Å². The molecule has 0 unspecified atom stereocenters. The SMILES string of the molecule is COCC(=O)Nc1ccc(NC(=O)c2ccc(-c3ccco3)cc2)cc1. The Kier molecular flexibility index (Phi) is 5.46. The van der Waals surface area contributed by atoms with Gasteiger partial charge in [0.2, 0.25) is 5.91 Å². The number of nitrogens with one attached hydrogen (secondary N) is 2. The Labute approximate surface area is 150 Å². The van der Waals surface area contributed by atoms with Crippen molar-refractivity contribution < 1.29 is 18.7 Å². The van der Waals surface area contributed by atoms with Crippen LogP contribution in [0.15, 0.2) is 71.3 Å². The summed E-state index contributed by atoms with van der Waals surface area (Å²) in [5.74, 6) is 0.302. The largest absolute Gasteiger partial charge is 0.464 e. The quantitative estimate of drug-likeness (QED) is 0.709. The fourth-order valence-corrected chi connectivity index (χ4v) is 2.40. The summed E-state index contributed by atoms with van der Waals surface area (Å²) in [4.78, 5) is 23.8. The maximum atomic E-state index is 12.3. The summed E-state index contributed by atoms with van der Waals surface area (Å²) in [6.07, 6.45) is 1.61. The summed E-state index contributed by atoms with van der Waals surface area (Å²) in [5, 5.41) is 5.51. The summed E-state index contributed by atoms with van der Waals surface area (Å²) >= 11 is 0. The molecule has 0 radical (unpaired) electrons. The lowest BCUT2D eigenvalue weighted by Gasteiger charge is -2.08. The van der Waals surface area contributed by atoms with Crippen molar-refractivity contribution in [2.45, 2.75) is 0 Å². The first kappa shape index (κ1) is 17.4. The van der Waals surface area contributed by atoms with E-state index in [9.17, 15) is 9.59 Å². The number of amides is 2. The molecule has 132 valence electrons. The Morgan fingerprint density at radius 1 is 0.923 bits per heavy atom. The van der Waals surface area contributed by atoms with Gasteiger partial charge in [0, 0.05) is 29.6 Å². The van der Waals surface area contributed by atoms with Gasteiger partial charge in [-0.2, -0.15) is 0 Å². The molecule has 0 aliphatic rings. The minimum atomic E-state index is -0.235. The normalized spacial score (nSPS) is 10.3. The van der Waals surface area contributed by atoms with Gasteiger partial charge in [-0.3, -0.25) is 9.59 Å². The molecule has 1 aromatic heterocycles. The van der Waals surface area contributed by atoms with E-state index in [0.717, 1.165) is 11.3 Å². The Balaban J connectivity index is 1.61. The minimum absolute atomic E-state index is 0.00745. The second-order valence-corrected chi connectivity index (χ2v) is 5.57. The van der Waals surface area contributed by atoms with Gasteiger partial charge >= 0.3 is 0 Å². The molecule has 0 aliphatic carbocycles. The average Bonchev–Trinajstić information content (AvgIpc) is 3.18. The zero-order valence-electron chi connectivity index (χ0n) is 14.2. The molecule has 1 heterocycles. The number of hydrogen-bond acceptors (Lipinski definition) is 4. The Hall–Kier alpha value is -3.38. The first-order valence-corrected chi connectivity index (χ1v) is 8.00. The van der Waals surface area contributed by atoms with Crippen LogP contribution in [0.4, 0.5) is 11.4 Å². The summed E-state index contributed by atoms with van der Waals surface area (Å²) in [7, 11) is 1.46. The van der Waals surface area contributed by atoms with Crippen molar-refractivity contribution in [1.82, 2.24) is 0 Å². The Morgan fingerprint density at radius 2 is 1.58 bits per heavy atom. The molecule has 0 saturated heterocycles. The maximum Gasteiger partial charge on any atom is 0.255 e. The number of furan rings is 1. The van der Waals surface area contributed by atoms with Crippen LogP contribution in [0.25, 0.3) is 11.3 Å². The van der Waals surface area contributed by atoms with Gasteiger partial charge in [0.15, 0.2) is 0 Å². The van der Waals surface area contributed by atoms with Gasteiger partial charge in [0.1, 0.15) is 12.4 Å². The van der Waals surface area contributed by atoms with Gasteiger partial charge in [-0.1, -0.05) is 12.1 Å². The average molecular weight is 350 g/mol. The van der Waals surface area contributed by atoms with Crippen LogP contribution < -0.4 is 10.6 Å². The third-order valence-corrected chi connectivity index (χ3v) is 3.65. The third kappa shape index (κ3) is 4.37. The molecule has 6 heteroatoms. The van der Waals surface area contributed by atoms with Crippen molar-refractivity contribution in [2.75, 3.05) is 24.4 Å². The second-order valence-electron chi connectivity index (χ2n) is 5.57. The molecular weight excluding hydrogens is 332 g/mol. The molecule has 2 amide bonds. The van der Waals surface area contributed by atoms with E-state index >= 15 is 0 Å². The number of rotatable bonds is 6. The smallest absolute Gasteiger partial charge is 0.255 e. The van der Waals surface area contributed by atoms with Crippen LogP contribution in [-0.2, 0) is 9.53 Å². The van der Waals surface area contributed by atoms with Crippen LogP contribution in [0.5, 0.6) is 0 Å². The van der Waals surface area contributed by atoms with E-state index in [-0.39, 0.29) is 18.4 Å². The van der Waals surface area contributed by atoms with Gasteiger partial charge in [-0.05, 0) is 48.5 Å². The summed E-state index contributed by atoms with van der Waals surface area (Å²) < 4.78 is 10.1. The summed E-state index contributed by atoms with van der Waals surface area (Å²) in [6, 6.07) is 17.7. The number of benzene rings is 2. The zero-order chi connectivity index (χ0) is 18.4. The number of hydrogen-bond donors (Lipinski definition) is 2. The molecule has 0 atom stereocenters. The standard InChI is InChI=1S/C20H18N2O4/c1-25-13-19(23)21-16-8-10-17(11-9-16)22-20(24)15-6-4-14(5-7-15)18-3-2-12-26-18/h2-12H,13H2,1H3,(H,21,23)(H,22,24). The van der Waals surface area contributed by atoms with Crippen molar-refractivity contribution in [2.24, 2.45) is 0 Å². The minimum Gasteiger partial charge on any atom is -0.464 e. The van der Waals surface area contributed by atoms with Crippen molar-refractivity contribution >= 4 is 23.2 Å². The first-order valence-electron chi connectivity index (χ1n) is 8.00. The lowest BCUT2D eigenvalue weighted by molar-refractivity contribution is -0.119. The second kappa shape index (κ2) is 8.13. The van der Waals surface area contributed by atoms with E-state index in [0.29, 0.717) is 16.9 Å². The monoisotopic (exact) mass is 350 g/mol. The highest BCUT2D eigenvalue weighted by molar-refractivity contribution is 6.04. The highest BCUT2D eigenvalue weighted by Gasteiger charge is 2.08. The van der Waals surface area contributed by atoms with E-state index < -0.39 is 0 Å². The van der Waals surface area contributed by atoms with Gasteiger partial charge in [-0.25, -0.2) is 0 Å². The van der Waals surface area contributed by atoms with Crippen LogP contribution in [0, 0.1) is 0 Å². The van der Waals surface area contributed by atoms with Crippen LogP contribution >= 0.6 is 0 Å². The number of ether oxygens (including phenoxy) is 1. The topological polar surface area (TPSA) is 80.6 Å². The molecule has 3 rings (SSSR count). The molecule has 0 spiro atoms. The van der Waals surface area contributed by atoms with Crippen LogP contribution in [0.2, 0.25) is 0 Å². The lowest BCUT2D eigenvalue weighted by Crippen LogP contribution is -2.17. The predicted octanol–water partition coefficient (Wildman–Crippen LogP) is 3.78. The van der Waals surface area contributed by atoms with E-state index in [1.807, 2.05) is 24.3 Å². The van der Waals surface area contributed by atoms with E-state index in [2.05, 4.69) is 10.6 Å². The molecule has 26 heavy (non-hydrogen) atoms. The van der Waals surface area contributed by atoms with E-state index in [4.69, 9.17) is 9.15 Å². The van der Waals surface area contributed by atoms with Crippen LogP contribution in [-0.4, -0.2) is 25.5 Å². The molecule has 2 N–H and O–H groups in total. The first-order chi connectivity index (χ1) is 12.7. The fourth-order valence-electron chi connectivity index (χ4n) is 2.40. The van der Waals surface area contributed by atoms with E-state index in [1.165, 1.54) is 7.11 Å². The Bertz CT molecular complexity index is 869. The van der Waals surface area contributed by atoms with Gasteiger partial charge in [0.05, 0.1) is 6.26 Å². The predicted molar refractivity (Wildman–Crippen MR) is 99.0 cm³/mol. The summed E-state index contributed by atoms with van der Waals surface area (Å²) in [6.45, 7) is -0.00745. The van der Waals surface area contributed by atoms with Gasteiger partial charge in [-0.15, -0.1) is 0 Å². The van der Waals surface area contributed by atoms with Crippen LogP contribution in [0.1, 0.15) is 10.4 Å². The maximum absolute atomic E-state index is 12.3. The molecule has 0 fully saturated rings. The van der Waals surface area contributed by atoms with Gasteiger partial charge in [0.25, 0.3) is 5.91 Å². The molecule has 0 bridgehead atoms.